The Morgan fingerprint density at radius 2 is 2.00 bits per heavy atom. The van der Waals surface area contributed by atoms with Gasteiger partial charge in [0.05, 0.1) is 5.52 Å². The number of alkyl halides is 3. The Kier molecular flexibility index (Phi) is 5.24. The summed E-state index contributed by atoms with van der Waals surface area (Å²) in [6.45, 7) is 1.08. The number of amides is 1. The highest BCUT2D eigenvalue weighted by molar-refractivity contribution is 5.79. The van der Waals surface area contributed by atoms with E-state index in [2.05, 4.69) is 15.7 Å². The van der Waals surface area contributed by atoms with Gasteiger partial charge in [-0.05, 0) is 6.07 Å². The van der Waals surface area contributed by atoms with Gasteiger partial charge in [0.25, 0.3) is 0 Å². The van der Waals surface area contributed by atoms with Crippen molar-refractivity contribution in [3.05, 3.63) is 30.5 Å². The average Bonchev–Trinajstić information content (AvgIpc) is 2.96. The van der Waals surface area contributed by atoms with Crippen LogP contribution in [0.3, 0.4) is 0 Å². The van der Waals surface area contributed by atoms with E-state index in [1.54, 1.807) is 6.20 Å². The monoisotopic (exact) mass is 355 g/mol. The van der Waals surface area contributed by atoms with Crippen LogP contribution in [-0.2, 0) is 11.3 Å². The molecule has 9 heteroatoms. The van der Waals surface area contributed by atoms with Gasteiger partial charge in [-0.3, -0.25) is 14.4 Å². The van der Waals surface area contributed by atoms with E-state index < -0.39 is 24.7 Å². The predicted octanol–water partition coefficient (Wildman–Crippen LogP) is 0.989. The zero-order valence-corrected chi connectivity index (χ0v) is 13.6. The average molecular weight is 355 g/mol. The molecule has 136 valence electrons. The van der Waals surface area contributed by atoms with Crippen molar-refractivity contribution >= 4 is 16.8 Å². The highest BCUT2D eigenvalue weighted by atomic mass is 19.4. The zero-order valence-electron chi connectivity index (χ0n) is 13.6. The molecule has 0 saturated carbocycles. The van der Waals surface area contributed by atoms with Crippen LogP contribution in [0.2, 0.25) is 0 Å². The number of hydrogen-bond donors (Lipinski definition) is 2. The van der Waals surface area contributed by atoms with Crippen molar-refractivity contribution in [3.8, 4) is 0 Å². The number of piperazine rings is 1. The number of nitrogens with one attached hydrogen (secondary N) is 2. The molecule has 0 spiro atoms. The molecule has 0 aliphatic carbocycles. The summed E-state index contributed by atoms with van der Waals surface area (Å²) in [4.78, 5) is 13.4. The summed E-state index contributed by atoms with van der Waals surface area (Å²) in [5.41, 5.74) is 0.740. The van der Waals surface area contributed by atoms with E-state index in [0.29, 0.717) is 26.2 Å². The second-order valence-corrected chi connectivity index (χ2v) is 6.03. The van der Waals surface area contributed by atoms with Crippen LogP contribution in [0, 0.1) is 0 Å². The van der Waals surface area contributed by atoms with Gasteiger partial charge in [-0.15, -0.1) is 0 Å². The molecular weight excluding hydrogens is 335 g/mol. The van der Waals surface area contributed by atoms with Gasteiger partial charge in [0, 0.05) is 44.3 Å². The fourth-order valence-electron chi connectivity index (χ4n) is 2.96. The molecule has 25 heavy (non-hydrogen) atoms. The Hall–Kier alpha value is -2.13. The molecule has 6 nitrogen and oxygen atoms in total. The molecular formula is C16H20F3N5O. The summed E-state index contributed by atoms with van der Waals surface area (Å²) >= 11 is 0. The van der Waals surface area contributed by atoms with Gasteiger partial charge in [-0.25, -0.2) is 0 Å². The van der Waals surface area contributed by atoms with E-state index in [1.165, 1.54) is 9.58 Å². The second kappa shape index (κ2) is 7.40. The maximum absolute atomic E-state index is 13.3. The van der Waals surface area contributed by atoms with Crippen molar-refractivity contribution in [2.24, 2.45) is 0 Å². The van der Waals surface area contributed by atoms with Crippen LogP contribution >= 0.6 is 0 Å². The van der Waals surface area contributed by atoms with E-state index in [9.17, 15) is 18.0 Å². The van der Waals surface area contributed by atoms with Crippen LogP contribution in [-0.4, -0.2) is 65.5 Å². The third-order valence-corrected chi connectivity index (χ3v) is 4.23. The molecule has 2 heterocycles. The fraction of sp³-hybridized carbons (Fsp3) is 0.500. The first-order chi connectivity index (χ1) is 11.9. The largest absolute Gasteiger partial charge is 0.405 e. The number of fused-ring (bicyclic) bond motifs is 1. The Morgan fingerprint density at radius 1 is 1.28 bits per heavy atom. The number of carbonyl (C=O) groups is 1. The minimum Gasteiger partial charge on any atom is -0.353 e. The molecule has 0 bridgehead atoms. The summed E-state index contributed by atoms with van der Waals surface area (Å²) < 4.78 is 41.3. The van der Waals surface area contributed by atoms with Gasteiger partial charge in [0.1, 0.15) is 12.6 Å². The van der Waals surface area contributed by atoms with Gasteiger partial charge in [0.2, 0.25) is 5.91 Å². The molecule has 1 amide bonds. The lowest BCUT2D eigenvalue weighted by atomic mass is 10.2. The number of rotatable bonds is 5. The highest BCUT2D eigenvalue weighted by Crippen LogP contribution is 2.24. The number of nitrogens with zero attached hydrogens (tertiary/aromatic N) is 3. The van der Waals surface area contributed by atoms with Crippen LogP contribution in [0.15, 0.2) is 30.5 Å². The van der Waals surface area contributed by atoms with Crippen molar-refractivity contribution in [2.45, 2.75) is 18.8 Å². The lowest BCUT2D eigenvalue weighted by molar-refractivity contribution is -0.184. The number of aromatic nitrogens is 2. The van der Waals surface area contributed by atoms with Crippen LogP contribution in [0.5, 0.6) is 0 Å². The summed E-state index contributed by atoms with van der Waals surface area (Å²) in [6.07, 6.45) is -2.68. The van der Waals surface area contributed by atoms with Crippen molar-refractivity contribution in [1.82, 2.24) is 25.3 Å². The first kappa shape index (κ1) is 17.7. The molecule has 0 radical (unpaired) electrons. The van der Waals surface area contributed by atoms with Crippen molar-refractivity contribution < 1.29 is 18.0 Å². The van der Waals surface area contributed by atoms with Crippen molar-refractivity contribution in [1.29, 1.82) is 0 Å². The fourth-order valence-corrected chi connectivity index (χ4v) is 2.96. The molecule has 1 aromatic heterocycles. The molecule has 1 atom stereocenters. The molecule has 3 rings (SSSR count). The Bertz CT molecular complexity index is 691. The molecule has 1 fully saturated rings. The minimum atomic E-state index is -4.38. The number of hydrogen-bond acceptors (Lipinski definition) is 4. The minimum absolute atomic E-state index is 0.110. The first-order valence-corrected chi connectivity index (χ1v) is 8.14. The van der Waals surface area contributed by atoms with Crippen LogP contribution < -0.4 is 10.6 Å². The zero-order chi connectivity index (χ0) is 17.9. The Morgan fingerprint density at radius 3 is 2.68 bits per heavy atom. The molecule has 1 aliphatic heterocycles. The smallest absolute Gasteiger partial charge is 0.353 e. The number of carbonyl (C=O) groups excluding carboxylic acids is 1. The topological polar surface area (TPSA) is 62.2 Å². The van der Waals surface area contributed by atoms with Gasteiger partial charge >= 0.3 is 6.18 Å². The van der Waals surface area contributed by atoms with Crippen LogP contribution in [0.4, 0.5) is 13.2 Å². The van der Waals surface area contributed by atoms with Crippen LogP contribution in [0.25, 0.3) is 10.9 Å². The quantitative estimate of drug-likeness (QED) is 0.840. The van der Waals surface area contributed by atoms with Gasteiger partial charge in [-0.2, -0.15) is 18.3 Å². The number of halogens is 3. The molecule has 2 aromatic rings. The maximum Gasteiger partial charge on any atom is 0.405 e. The van der Waals surface area contributed by atoms with Crippen LogP contribution in [0.1, 0.15) is 0 Å². The van der Waals surface area contributed by atoms with Gasteiger partial charge in [-0.1, -0.05) is 18.2 Å². The maximum atomic E-state index is 13.3. The van der Waals surface area contributed by atoms with E-state index in [4.69, 9.17) is 0 Å². The summed E-state index contributed by atoms with van der Waals surface area (Å²) in [5.74, 6) is -0.489. The number of benzene rings is 1. The summed E-state index contributed by atoms with van der Waals surface area (Å²) in [7, 11) is 0. The predicted molar refractivity (Wildman–Crippen MR) is 87.0 cm³/mol. The third kappa shape index (κ3) is 4.49. The first-order valence-electron chi connectivity index (χ1n) is 8.14. The van der Waals surface area contributed by atoms with E-state index in [0.717, 1.165) is 10.9 Å². The lowest BCUT2D eigenvalue weighted by Crippen LogP contribution is -2.57. The van der Waals surface area contributed by atoms with Gasteiger partial charge < -0.3 is 10.6 Å². The van der Waals surface area contributed by atoms with E-state index in [1.807, 2.05) is 24.3 Å². The molecule has 1 saturated heterocycles. The molecule has 1 unspecified atom stereocenters. The van der Waals surface area contributed by atoms with E-state index in [-0.39, 0.29) is 6.54 Å². The normalized spacial score (nSPS) is 17.6. The van der Waals surface area contributed by atoms with Crippen molar-refractivity contribution in [3.63, 3.8) is 0 Å². The third-order valence-electron chi connectivity index (χ3n) is 4.23. The summed E-state index contributed by atoms with van der Waals surface area (Å²) in [5, 5.41) is 10.5. The standard InChI is InChI=1S/C16H20F3N5O/c17-16(18,19)14(23-7-5-20-6-8-23)9-21-15(25)11-24-10-12-3-1-2-4-13(12)22-24/h1-4,10,14,20H,5-9,11H2,(H,21,25). The summed E-state index contributed by atoms with van der Waals surface area (Å²) in [6, 6.07) is 5.70. The second-order valence-electron chi connectivity index (χ2n) is 6.03. The Labute approximate surface area is 143 Å². The molecule has 1 aliphatic rings. The molecule has 2 N–H and O–H groups in total. The SMILES string of the molecule is O=C(Cn1cc2ccccc2n1)NCC(N1CCNCC1)C(F)(F)F. The highest BCUT2D eigenvalue weighted by Gasteiger charge is 2.43. The van der Waals surface area contributed by atoms with E-state index >= 15 is 0 Å². The van der Waals surface area contributed by atoms with Crippen molar-refractivity contribution in [2.75, 3.05) is 32.7 Å². The lowest BCUT2D eigenvalue weighted by Gasteiger charge is -2.35. The van der Waals surface area contributed by atoms with Gasteiger partial charge in [0.15, 0.2) is 0 Å². The Balaban J connectivity index is 1.59. The molecule has 1 aromatic carbocycles.